The number of halogens is 1. The minimum absolute atomic E-state index is 0. The van der Waals surface area contributed by atoms with Gasteiger partial charge in [0.25, 0.3) is 0 Å². The molecule has 1 aromatic rings. The number of Topliss-reactive ketones (excluding diaryl/α,β-unsaturated/α-hetero) is 1. The van der Waals surface area contributed by atoms with Crippen LogP contribution in [-0.2, 0) is 0 Å². The number of carbonyl (C=O) groups excluding carboxylic acids is 1. The Kier molecular flexibility index (Phi) is 6.33. The van der Waals surface area contributed by atoms with Crippen molar-refractivity contribution in [3.8, 4) is 11.5 Å². The van der Waals surface area contributed by atoms with Gasteiger partial charge in [-0.25, -0.2) is 0 Å². The summed E-state index contributed by atoms with van der Waals surface area (Å²) in [4.78, 5) is 12.1. The fraction of sp³-hybridized carbons (Fsp3) is 0.500. The van der Waals surface area contributed by atoms with Crippen LogP contribution in [0.25, 0.3) is 0 Å². The highest BCUT2D eigenvalue weighted by atomic mass is 35.5. The van der Waals surface area contributed by atoms with Gasteiger partial charge in [0, 0.05) is 23.6 Å². The third-order valence-electron chi connectivity index (χ3n) is 2.65. The van der Waals surface area contributed by atoms with Gasteiger partial charge < -0.3 is 15.5 Å². The SMILES string of the molecule is CC(CNC(C)(C)C)C(=O)c1ccc(O)c(O)c1.Cl. The number of rotatable bonds is 4. The highest BCUT2D eigenvalue weighted by molar-refractivity contribution is 5.98. The van der Waals surface area contributed by atoms with Gasteiger partial charge in [-0.3, -0.25) is 4.79 Å². The van der Waals surface area contributed by atoms with Crippen molar-refractivity contribution in [3.05, 3.63) is 23.8 Å². The van der Waals surface area contributed by atoms with E-state index >= 15 is 0 Å². The number of phenolic OH excluding ortho intramolecular Hbond substituents is 2. The second kappa shape index (κ2) is 6.78. The van der Waals surface area contributed by atoms with Crippen molar-refractivity contribution in [1.82, 2.24) is 5.32 Å². The summed E-state index contributed by atoms with van der Waals surface area (Å²) in [5.41, 5.74) is 0.375. The van der Waals surface area contributed by atoms with Crippen molar-refractivity contribution in [3.63, 3.8) is 0 Å². The second-order valence-electron chi connectivity index (χ2n) is 5.60. The highest BCUT2D eigenvalue weighted by Crippen LogP contribution is 2.26. The average molecular weight is 288 g/mol. The lowest BCUT2D eigenvalue weighted by Crippen LogP contribution is -2.40. The Morgan fingerprint density at radius 2 is 1.84 bits per heavy atom. The van der Waals surface area contributed by atoms with E-state index in [1.807, 2.05) is 27.7 Å². The Morgan fingerprint density at radius 1 is 1.26 bits per heavy atom. The first-order valence-corrected chi connectivity index (χ1v) is 6.02. The molecule has 0 amide bonds. The molecule has 0 spiro atoms. The van der Waals surface area contributed by atoms with Gasteiger partial charge in [0.1, 0.15) is 0 Å². The van der Waals surface area contributed by atoms with E-state index < -0.39 is 0 Å². The quantitative estimate of drug-likeness (QED) is 0.588. The number of nitrogens with one attached hydrogen (secondary N) is 1. The molecule has 0 saturated heterocycles. The van der Waals surface area contributed by atoms with Crippen LogP contribution in [0.15, 0.2) is 18.2 Å². The molecule has 1 unspecified atom stereocenters. The Bertz CT molecular complexity index is 441. The minimum atomic E-state index is -0.267. The van der Waals surface area contributed by atoms with Gasteiger partial charge in [-0.1, -0.05) is 6.92 Å². The normalized spacial score (nSPS) is 12.6. The van der Waals surface area contributed by atoms with E-state index in [-0.39, 0.29) is 41.1 Å². The number of aromatic hydroxyl groups is 2. The van der Waals surface area contributed by atoms with Crippen LogP contribution >= 0.6 is 12.4 Å². The molecule has 5 heteroatoms. The molecule has 0 saturated carbocycles. The molecule has 19 heavy (non-hydrogen) atoms. The molecular formula is C14H22ClNO3. The minimum Gasteiger partial charge on any atom is -0.504 e. The zero-order chi connectivity index (χ0) is 13.9. The third kappa shape index (κ3) is 5.49. The molecule has 0 fully saturated rings. The Labute approximate surface area is 120 Å². The van der Waals surface area contributed by atoms with Crippen molar-refractivity contribution >= 4 is 18.2 Å². The van der Waals surface area contributed by atoms with Gasteiger partial charge >= 0.3 is 0 Å². The summed E-state index contributed by atoms with van der Waals surface area (Å²) in [5, 5.41) is 21.8. The molecule has 108 valence electrons. The zero-order valence-corrected chi connectivity index (χ0v) is 12.5. The fourth-order valence-corrected chi connectivity index (χ4v) is 1.51. The Balaban J connectivity index is 0.00000324. The van der Waals surface area contributed by atoms with Crippen LogP contribution in [0, 0.1) is 5.92 Å². The monoisotopic (exact) mass is 287 g/mol. The molecule has 0 aromatic heterocycles. The van der Waals surface area contributed by atoms with Gasteiger partial charge in [-0.15, -0.1) is 12.4 Å². The van der Waals surface area contributed by atoms with E-state index in [0.717, 1.165) is 0 Å². The van der Waals surface area contributed by atoms with Crippen LogP contribution in [-0.4, -0.2) is 28.1 Å². The van der Waals surface area contributed by atoms with E-state index in [1.54, 1.807) is 0 Å². The van der Waals surface area contributed by atoms with Gasteiger partial charge in [-0.05, 0) is 39.0 Å². The van der Waals surface area contributed by atoms with Crippen LogP contribution in [0.1, 0.15) is 38.1 Å². The van der Waals surface area contributed by atoms with Crippen LogP contribution in [0.2, 0.25) is 0 Å². The molecule has 4 nitrogen and oxygen atoms in total. The smallest absolute Gasteiger partial charge is 0.167 e. The second-order valence-corrected chi connectivity index (χ2v) is 5.60. The van der Waals surface area contributed by atoms with Crippen LogP contribution < -0.4 is 5.32 Å². The van der Waals surface area contributed by atoms with E-state index in [1.165, 1.54) is 18.2 Å². The predicted octanol–water partition coefficient (Wildman–Crippen LogP) is 2.73. The summed E-state index contributed by atoms with van der Waals surface area (Å²) in [5.74, 6) is -0.723. The zero-order valence-electron chi connectivity index (χ0n) is 11.7. The lowest BCUT2D eigenvalue weighted by Gasteiger charge is -2.23. The number of benzene rings is 1. The molecule has 1 atom stereocenters. The maximum atomic E-state index is 12.1. The van der Waals surface area contributed by atoms with E-state index in [0.29, 0.717) is 12.1 Å². The van der Waals surface area contributed by atoms with Crippen molar-refractivity contribution < 1.29 is 15.0 Å². The molecule has 0 aliphatic rings. The first-order chi connectivity index (χ1) is 8.20. The van der Waals surface area contributed by atoms with E-state index in [9.17, 15) is 15.0 Å². The van der Waals surface area contributed by atoms with Crippen LogP contribution in [0.3, 0.4) is 0 Å². The summed E-state index contributed by atoms with van der Waals surface area (Å²) >= 11 is 0. The molecular weight excluding hydrogens is 266 g/mol. The molecule has 1 rings (SSSR count). The predicted molar refractivity (Wildman–Crippen MR) is 78.3 cm³/mol. The summed E-state index contributed by atoms with van der Waals surface area (Å²) < 4.78 is 0. The molecule has 3 N–H and O–H groups in total. The largest absolute Gasteiger partial charge is 0.504 e. The summed E-state index contributed by atoms with van der Waals surface area (Å²) in [6.45, 7) is 8.53. The Hall–Kier alpha value is -1.26. The van der Waals surface area contributed by atoms with Gasteiger partial charge in [0.05, 0.1) is 0 Å². The van der Waals surface area contributed by atoms with Crippen molar-refractivity contribution in [2.75, 3.05) is 6.54 Å². The standard InChI is InChI=1S/C14H21NO3.ClH/c1-9(8-15-14(2,3)4)13(18)10-5-6-11(16)12(17)7-10;/h5-7,9,15-17H,8H2,1-4H3;1H. The summed E-state index contributed by atoms with van der Waals surface area (Å²) in [6.07, 6.45) is 0. The van der Waals surface area contributed by atoms with E-state index in [4.69, 9.17) is 0 Å². The number of ketones is 1. The first-order valence-electron chi connectivity index (χ1n) is 6.02. The molecule has 0 aliphatic heterocycles. The topological polar surface area (TPSA) is 69.6 Å². The third-order valence-corrected chi connectivity index (χ3v) is 2.65. The number of hydrogen-bond donors (Lipinski definition) is 3. The van der Waals surface area contributed by atoms with E-state index in [2.05, 4.69) is 5.32 Å². The van der Waals surface area contributed by atoms with Gasteiger partial charge in [0.2, 0.25) is 0 Å². The maximum absolute atomic E-state index is 12.1. The summed E-state index contributed by atoms with van der Waals surface area (Å²) in [6, 6.07) is 4.14. The fourth-order valence-electron chi connectivity index (χ4n) is 1.51. The molecule has 1 aromatic carbocycles. The van der Waals surface area contributed by atoms with Gasteiger partial charge in [-0.2, -0.15) is 0 Å². The molecule has 0 heterocycles. The van der Waals surface area contributed by atoms with Crippen molar-refractivity contribution in [1.29, 1.82) is 0 Å². The number of phenols is 2. The lowest BCUT2D eigenvalue weighted by atomic mass is 9.97. The highest BCUT2D eigenvalue weighted by Gasteiger charge is 2.18. The Morgan fingerprint density at radius 3 is 2.32 bits per heavy atom. The van der Waals surface area contributed by atoms with Gasteiger partial charge in [0.15, 0.2) is 17.3 Å². The van der Waals surface area contributed by atoms with Crippen molar-refractivity contribution in [2.45, 2.75) is 33.2 Å². The van der Waals surface area contributed by atoms with Crippen LogP contribution in [0.4, 0.5) is 0 Å². The first kappa shape index (κ1) is 17.7. The molecule has 0 radical (unpaired) electrons. The maximum Gasteiger partial charge on any atom is 0.167 e. The molecule has 0 aliphatic carbocycles. The lowest BCUT2D eigenvalue weighted by molar-refractivity contribution is 0.0924. The average Bonchev–Trinajstić information content (AvgIpc) is 2.27. The van der Waals surface area contributed by atoms with Crippen molar-refractivity contribution in [2.24, 2.45) is 5.92 Å². The molecule has 0 bridgehead atoms. The van der Waals surface area contributed by atoms with Crippen LogP contribution in [0.5, 0.6) is 11.5 Å². The number of carbonyl (C=O) groups is 1. The number of hydrogen-bond acceptors (Lipinski definition) is 4. The summed E-state index contributed by atoms with van der Waals surface area (Å²) in [7, 11) is 0.